The van der Waals surface area contributed by atoms with Gasteiger partial charge in [-0.05, 0) is 11.6 Å². The van der Waals surface area contributed by atoms with E-state index in [1.165, 1.54) is 24.0 Å². The molecule has 0 bridgehead atoms. The third-order valence-corrected chi connectivity index (χ3v) is 3.91. The summed E-state index contributed by atoms with van der Waals surface area (Å²) in [4.78, 5) is 36.6. The largest absolute Gasteiger partial charge is 0.480 e. The molecule has 1 aromatic rings. The van der Waals surface area contributed by atoms with Gasteiger partial charge in [-0.2, -0.15) is 0 Å². The average Bonchev–Trinajstić information content (AvgIpc) is 2.73. The molecule has 18 heavy (non-hydrogen) atoms. The third-order valence-electron chi connectivity index (χ3n) is 2.59. The highest BCUT2D eigenvalue weighted by Crippen LogP contribution is 2.40. The Hall–Kier alpha value is -1.96. The minimum Gasteiger partial charge on any atom is -0.480 e. The number of thioether (sulfide) groups is 1. The number of rotatable bonds is 2. The van der Waals surface area contributed by atoms with Gasteiger partial charge in [0.2, 0.25) is 5.56 Å². The molecule has 0 spiro atoms. The molecule has 1 aliphatic heterocycles. The first-order chi connectivity index (χ1) is 8.50. The molecule has 1 aromatic heterocycles. The Morgan fingerprint density at radius 2 is 2.17 bits per heavy atom. The lowest BCUT2D eigenvalue weighted by Gasteiger charge is -2.24. The lowest BCUT2D eigenvalue weighted by Crippen LogP contribution is -2.42. The number of H-pyrrole nitrogens is 1. The lowest BCUT2D eigenvalue weighted by molar-refractivity contribution is -0.141. The van der Waals surface area contributed by atoms with Gasteiger partial charge in [0.25, 0.3) is 0 Å². The van der Waals surface area contributed by atoms with E-state index in [9.17, 15) is 14.4 Å². The second-order valence-electron chi connectivity index (χ2n) is 3.72. The monoisotopic (exact) mass is 270 g/mol. The molecule has 0 saturated carbocycles. The first kappa shape index (κ1) is 12.5. The van der Waals surface area contributed by atoms with Crippen LogP contribution in [0, 0.1) is 0 Å². The molecule has 8 heteroatoms. The zero-order valence-electron chi connectivity index (χ0n) is 9.07. The Kier molecular flexibility index (Phi) is 3.28. The van der Waals surface area contributed by atoms with Crippen molar-refractivity contribution in [2.45, 2.75) is 11.4 Å². The maximum atomic E-state index is 11.2. The molecule has 96 valence electrons. The zero-order chi connectivity index (χ0) is 13.3. The molecule has 2 rings (SSSR count). The van der Waals surface area contributed by atoms with Crippen molar-refractivity contribution in [3.05, 3.63) is 34.2 Å². The van der Waals surface area contributed by atoms with Gasteiger partial charge < -0.3 is 15.2 Å². The SMILES string of the molecule is O=C(O)C1CS[C@H](c2cc[nH]c(=O)c2)N1C(=O)O. The molecule has 1 unspecified atom stereocenters. The smallest absolute Gasteiger partial charge is 0.409 e. The van der Waals surface area contributed by atoms with E-state index in [0.717, 1.165) is 4.90 Å². The van der Waals surface area contributed by atoms with Gasteiger partial charge in [0.1, 0.15) is 11.4 Å². The van der Waals surface area contributed by atoms with Crippen molar-refractivity contribution in [1.29, 1.82) is 0 Å². The quantitative estimate of drug-likeness (QED) is 0.724. The first-order valence-corrected chi connectivity index (χ1v) is 6.10. The van der Waals surface area contributed by atoms with Crippen molar-refractivity contribution < 1.29 is 19.8 Å². The number of carboxylic acids is 1. The van der Waals surface area contributed by atoms with E-state index < -0.39 is 23.5 Å². The molecule has 7 nitrogen and oxygen atoms in total. The number of hydrogen-bond acceptors (Lipinski definition) is 4. The maximum absolute atomic E-state index is 11.2. The lowest BCUT2D eigenvalue weighted by atomic mass is 10.2. The number of hydrogen-bond donors (Lipinski definition) is 3. The van der Waals surface area contributed by atoms with Crippen molar-refractivity contribution in [3.63, 3.8) is 0 Å². The number of aliphatic carboxylic acids is 1. The Bertz CT molecular complexity index is 543. The summed E-state index contributed by atoms with van der Waals surface area (Å²) < 4.78 is 0. The fourth-order valence-electron chi connectivity index (χ4n) is 1.80. The van der Waals surface area contributed by atoms with Gasteiger partial charge in [-0.3, -0.25) is 9.69 Å². The Morgan fingerprint density at radius 3 is 2.72 bits per heavy atom. The number of aromatic amines is 1. The summed E-state index contributed by atoms with van der Waals surface area (Å²) in [7, 11) is 0. The third kappa shape index (κ3) is 2.19. The molecular weight excluding hydrogens is 260 g/mol. The summed E-state index contributed by atoms with van der Waals surface area (Å²) in [5.74, 6) is -1.02. The maximum Gasteiger partial charge on any atom is 0.409 e. The second kappa shape index (κ2) is 4.73. The molecule has 1 aliphatic rings. The Morgan fingerprint density at radius 1 is 1.44 bits per heavy atom. The number of pyridine rings is 1. The molecule has 1 fully saturated rings. The summed E-state index contributed by atoms with van der Waals surface area (Å²) in [5, 5.41) is 17.4. The molecule has 1 amide bonds. The normalized spacial score (nSPS) is 23.0. The van der Waals surface area contributed by atoms with Crippen LogP contribution >= 0.6 is 11.8 Å². The highest BCUT2D eigenvalue weighted by atomic mass is 32.2. The van der Waals surface area contributed by atoms with Crippen LogP contribution in [0.3, 0.4) is 0 Å². The van der Waals surface area contributed by atoms with Gasteiger partial charge in [0.15, 0.2) is 0 Å². The summed E-state index contributed by atoms with van der Waals surface area (Å²) in [6.45, 7) is 0. The number of carbonyl (C=O) groups is 2. The molecule has 3 N–H and O–H groups in total. The summed E-state index contributed by atoms with van der Waals surface area (Å²) >= 11 is 1.19. The van der Waals surface area contributed by atoms with E-state index in [0.29, 0.717) is 5.56 Å². The fourth-order valence-corrected chi connectivity index (χ4v) is 3.21. The standard InChI is InChI=1S/C10H10N2O5S/c13-7-3-5(1-2-11-7)8-12(10(16)17)6(4-18-8)9(14)15/h1-3,6,8H,4H2,(H,11,13)(H,14,15)(H,16,17)/t6?,8-/m1/s1. The van der Waals surface area contributed by atoms with Gasteiger partial charge >= 0.3 is 12.1 Å². The molecule has 1 saturated heterocycles. The highest BCUT2D eigenvalue weighted by molar-refractivity contribution is 7.99. The van der Waals surface area contributed by atoms with E-state index in [1.54, 1.807) is 6.07 Å². The minimum atomic E-state index is -1.31. The van der Waals surface area contributed by atoms with Gasteiger partial charge in [0.05, 0.1) is 0 Å². The molecular formula is C10H10N2O5S. The van der Waals surface area contributed by atoms with Crippen LogP contribution in [0.15, 0.2) is 23.1 Å². The van der Waals surface area contributed by atoms with Crippen LogP contribution in [0.5, 0.6) is 0 Å². The van der Waals surface area contributed by atoms with E-state index in [4.69, 9.17) is 10.2 Å². The van der Waals surface area contributed by atoms with Crippen LogP contribution in [0.4, 0.5) is 4.79 Å². The topological polar surface area (TPSA) is 111 Å². The molecule has 2 atom stereocenters. The number of amides is 1. The van der Waals surface area contributed by atoms with Gasteiger partial charge in [-0.1, -0.05) is 0 Å². The van der Waals surface area contributed by atoms with Crippen LogP contribution in [-0.4, -0.2) is 44.0 Å². The van der Waals surface area contributed by atoms with Crippen molar-refractivity contribution in [1.82, 2.24) is 9.88 Å². The number of aromatic nitrogens is 1. The van der Waals surface area contributed by atoms with E-state index in [1.807, 2.05) is 0 Å². The summed E-state index contributed by atoms with van der Waals surface area (Å²) in [6.07, 6.45) is 0.101. The predicted octanol–water partition coefficient (Wildman–Crippen LogP) is 0.553. The number of nitrogens with one attached hydrogen (secondary N) is 1. The van der Waals surface area contributed by atoms with Crippen LogP contribution in [-0.2, 0) is 4.79 Å². The molecule has 0 aromatic carbocycles. The minimum absolute atomic E-state index is 0.166. The first-order valence-electron chi connectivity index (χ1n) is 5.05. The Balaban J connectivity index is 2.36. The van der Waals surface area contributed by atoms with Crippen LogP contribution < -0.4 is 5.56 Å². The average molecular weight is 270 g/mol. The summed E-state index contributed by atoms with van der Waals surface area (Å²) in [5.41, 5.74) is 0.132. The molecule has 0 aliphatic carbocycles. The van der Waals surface area contributed by atoms with E-state index >= 15 is 0 Å². The number of carboxylic acid groups (broad SMARTS) is 2. The van der Waals surface area contributed by atoms with Gasteiger partial charge in [-0.25, -0.2) is 9.59 Å². The van der Waals surface area contributed by atoms with Crippen LogP contribution in [0.1, 0.15) is 10.9 Å². The molecule has 2 heterocycles. The predicted molar refractivity (Wildman–Crippen MR) is 63.5 cm³/mol. The summed E-state index contributed by atoms with van der Waals surface area (Å²) in [6, 6.07) is 1.76. The van der Waals surface area contributed by atoms with Crippen molar-refractivity contribution >= 4 is 23.8 Å². The van der Waals surface area contributed by atoms with E-state index in [-0.39, 0.29) is 11.3 Å². The van der Waals surface area contributed by atoms with Crippen molar-refractivity contribution in [2.24, 2.45) is 0 Å². The van der Waals surface area contributed by atoms with Crippen molar-refractivity contribution in [2.75, 3.05) is 5.75 Å². The number of nitrogens with zero attached hydrogens (tertiary/aromatic N) is 1. The van der Waals surface area contributed by atoms with E-state index in [2.05, 4.69) is 4.98 Å². The molecule has 0 radical (unpaired) electrons. The zero-order valence-corrected chi connectivity index (χ0v) is 9.88. The Labute approximate surface area is 105 Å². The van der Waals surface area contributed by atoms with Crippen LogP contribution in [0.2, 0.25) is 0 Å². The fraction of sp³-hybridized carbons (Fsp3) is 0.300. The van der Waals surface area contributed by atoms with Gasteiger partial charge in [0, 0.05) is 18.0 Å². The van der Waals surface area contributed by atoms with Gasteiger partial charge in [-0.15, -0.1) is 11.8 Å². The second-order valence-corrected chi connectivity index (χ2v) is 4.83. The van der Waals surface area contributed by atoms with Crippen molar-refractivity contribution in [3.8, 4) is 0 Å². The van der Waals surface area contributed by atoms with Crippen LogP contribution in [0.25, 0.3) is 0 Å². The highest BCUT2D eigenvalue weighted by Gasteiger charge is 2.42.